The molecular weight excluding hydrogens is 358 g/mol. The van der Waals surface area contributed by atoms with Crippen LogP contribution < -0.4 is 5.32 Å². The molecule has 0 heterocycles. The van der Waals surface area contributed by atoms with Crippen LogP contribution >= 0.6 is 0 Å². The van der Waals surface area contributed by atoms with Gasteiger partial charge in [-0.25, -0.2) is 0 Å². The molecule has 0 spiro atoms. The minimum atomic E-state index is -0.0479. The van der Waals surface area contributed by atoms with Gasteiger partial charge < -0.3 is 10.4 Å². The number of aliphatic hydroxyl groups excluding tert-OH is 1. The molecule has 0 rings (SSSR count). The fourth-order valence-corrected chi connectivity index (χ4v) is 3.97. The van der Waals surface area contributed by atoms with Crippen LogP contribution in [0.3, 0.4) is 0 Å². The van der Waals surface area contributed by atoms with Crippen molar-refractivity contribution in [1.29, 1.82) is 0 Å². The number of carbonyl (C=O) groups excluding carboxylic acids is 1. The van der Waals surface area contributed by atoms with Crippen LogP contribution in [0.4, 0.5) is 0 Å². The van der Waals surface area contributed by atoms with Gasteiger partial charge in [0.05, 0.1) is 12.6 Å². The van der Waals surface area contributed by atoms with E-state index >= 15 is 0 Å². The second-order valence-electron chi connectivity index (χ2n) is 9.00. The molecule has 0 aliphatic heterocycles. The van der Waals surface area contributed by atoms with Crippen LogP contribution in [0.25, 0.3) is 0 Å². The zero-order valence-corrected chi connectivity index (χ0v) is 20.0. The molecule has 174 valence electrons. The number of unbranched alkanes of at least 4 members (excludes halogenated alkanes) is 17. The summed E-state index contributed by atoms with van der Waals surface area (Å²) >= 11 is 0. The minimum Gasteiger partial charge on any atom is -0.394 e. The fourth-order valence-electron chi connectivity index (χ4n) is 3.97. The van der Waals surface area contributed by atoms with Gasteiger partial charge in [0.2, 0.25) is 5.91 Å². The molecule has 1 atom stereocenters. The molecule has 0 aliphatic rings. The summed E-state index contributed by atoms with van der Waals surface area (Å²) in [5.74, 6) is 0.112. The Morgan fingerprint density at radius 1 is 0.621 bits per heavy atom. The number of amides is 1. The van der Waals surface area contributed by atoms with E-state index in [2.05, 4.69) is 19.2 Å². The quantitative estimate of drug-likeness (QED) is 0.169. The molecule has 3 heteroatoms. The topological polar surface area (TPSA) is 49.3 Å². The van der Waals surface area contributed by atoms with Crippen LogP contribution in [0, 0.1) is 0 Å². The van der Waals surface area contributed by atoms with Crippen molar-refractivity contribution in [3.05, 3.63) is 0 Å². The molecule has 0 aromatic heterocycles. The lowest BCUT2D eigenvalue weighted by Gasteiger charge is -2.15. The maximum absolute atomic E-state index is 11.9. The summed E-state index contributed by atoms with van der Waals surface area (Å²) in [5.41, 5.74) is 0. The Labute approximate surface area is 182 Å². The fraction of sp³-hybridized carbons (Fsp3) is 0.962. The summed E-state index contributed by atoms with van der Waals surface area (Å²) in [6, 6.07) is -0.0479. The third-order valence-corrected chi connectivity index (χ3v) is 6.00. The van der Waals surface area contributed by atoms with Crippen LogP contribution in [0.1, 0.15) is 149 Å². The van der Waals surface area contributed by atoms with E-state index in [-0.39, 0.29) is 18.6 Å². The van der Waals surface area contributed by atoms with E-state index in [1.807, 2.05) is 0 Å². The van der Waals surface area contributed by atoms with Gasteiger partial charge in [-0.15, -0.1) is 0 Å². The van der Waals surface area contributed by atoms with E-state index < -0.39 is 0 Å². The SMILES string of the molecule is CCCCCCCCCCCCCCCCCCCC(=O)N[C@@H](CO)CCCC. The Hall–Kier alpha value is -0.570. The second kappa shape index (κ2) is 23.7. The molecule has 0 bridgehead atoms. The number of nitrogens with one attached hydrogen (secondary N) is 1. The summed E-state index contributed by atoms with van der Waals surface area (Å²) in [6.45, 7) is 4.48. The van der Waals surface area contributed by atoms with Crippen LogP contribution in [0.2, 0.25) is 0 Å². The van der Waals surface area contributed by atoms with Crippen molar-refractivity contribution in [3.8, 4) is 0 Å². The Bertz CT molecular complexity index is 333. The molecule has 0 aromatic carbocycles. The average molecular weight is 412 g/mol. The predicted molar refractivity (Wildman–Crippen MR) is 127 cm³/mol. The van der Waals surface area contributed by atoms with E-state index in [1.54, 1.807) is 0 Å². The zero-order valence-electron chi connectivity index (χ0n) is 20.0. The second-order valence-corrected chi connectivity index (χ2v) is 9.00. The first-order chi connectivity index (χ1) is 14.2. The Kier molecular flexibility index (Phi) is 23.2. The normalized spacial score (nSPS) is 12.2. The lowest BCUT2D eigenvalue weighted by Crippen LogP contribution is -2.37. The Balaban J connectivity index is 3.24. The molecule has 0 fully saturated rings. The molecule has 1 amide bonds. The zero-order chi connectivity index (χ0) is 21.4. The Morgan fingerprint density at radius 3 is 1.38 bits per heavy atom. The van der Waals surface area contributed by atoms with E-state index in [0.717, 1.165) is 32.1 Å². The summed E-state index contributed by atoms with van der Waals surface area (Å²) in [7, 11) is 0. The van der Waals surface area contributed by atoms with Crippen LogP contribution in [0.15, 0.2) is 0 Å². The van der Waals surface area contributed by atoms with Crippen molar-refractivity contribution < 1.29 is 9.90 Å². The largest absolute Gasteiger partial charge is 0.394 e. The van der Waals surface area contributed by atoms with E-state index in [1.165, 1.54) is 96.3 Å². The number of hydrogen-bond donors (Lipinski definition) is 2. The van der Waals surface area contributed by atoms with Crippen LogP contribution in [0.5, 0.6) is 0 Å². The smallest absolute Gasteiger partial charge is 0.220 e. The first-order valence-electron chi connectivity index (χ1n) is 13.1. The molecular formula is C26H53NO2. The first-order valence-corrected chi connectivity index (χ1v) is 13.1. The van der Waals surface area contributed by atoms with Gasteiger partial charge in [-0.3, -0.25) is 4.79 Å². The lowest BCUT2D eigenvalue weighted by molar-refractivity contribution is -0.122. The molecule has 3 nitrogen and oxygen atoms in total. The summed E-state index contributed by atoms with van der Waals surface area (Å²) in [5, 5.41) is 12.3. The van der Waals surface area contributed by atoms with Crippen molar-refractivity contribution in [2.45, 2.75) is 155 Å². The predicted octanol–water partition coefficient (Wildman–Crippen LogP) is 7.70. The standard InChI is InChI=1S/C26H53NO2/c1-3-5-7-8-9-10-11-12-13-14-15-16-17-18-19-20-21-23-26(29)27-25(24-28)22-6-4-2/h25,28H,3-24H2,1-2H3,(H,27,29)/t25-/m1/s1. The summed E-state index contributed by atoms with van der Waals surface area (Å²) < 4.78 is 0. The van der Waals surface area contributed by atoms with Gasteiger partial charge >= 0.3 is 0 Å². The van der Waals surface area contributed by atoms with Crippen molar-refractivity contribution in [2.24, 2.45) is 0 Å². The van der Waals surface area contributed by atoms with Gasteiger partial charge in [-0.05, 0) is 12.8 Å². The van der Waals surface area contributed by atoms with Crippen LogP contribution in [-0.4, -0.2) is 23.7 Å². The maximum atomic E-state index is 11.9. The van der Waals surface area contributed by atoms with Crippen molar-refractivity contribution in [3.63, 3.8) is 0 Å². The number of aliphatic hydroxyl groups is 1. The van der Waals surface area contributed by atoms with E-state index in [0.29, 0.717) is 6.42 Å². The maximum Gasteiger partial charge on any atom is 0.220 e. The Morgan fingerprint density at radius 2 is 1.00 bits per heavy atom. The molecule has 0 aromatic rings. The van der Waals surface area contributed by atoms with Crippen LogP contribution in [-0.2, 0) is 4.79 Å². The molecule has 0 radical (unpaired) electrons. The van der Waals surface area contributed by atoms with Gasteiger partial charge in [0, 0.05) is 6.42 Å². The van der Waals surface area contributed by atoms with Gasteiger partial charge in [0.15, 0.2) is 0 Å². The molecule has 0 saturated carbocycles. The summed E-state index contributed by atoms with van der Waals surface area (Å²) in [6.07, 6.45) is 26.8. The first kappa shape index (κ1) is 28.4. The molecule has 0 unspecified atom stereocenters. The number of rotatable bonds is 23. The van der Waals surface area contributed by atoms with Crippen molar-refractivity contribution in [1.82, 2.24) is 5.32 Å². The number of carbonyl (C=O) groups is 1. The molecule has 29 heavy (non-hydrogen) atoms. The third-order valence-electron chi connectivity index (χ3n) is 6.00. The average Bonchev–Trinajstić information content (AvgIpc) is 2.73. The minimum absolute atomic E-state index is 0.0479. The van der Waals surface area contributed by atoms with Gasteiger partial charge in [0.1, 0.15) is 0 Å². The molecule has 2 N–H and O–H groups in total. The lowest BCUT2D eigenvalue weighted by atomic mass is 10.0. The van der Waals surface area contributed by atoms with E-state index in [4.69, 9.17) is 0 Å². The van der Waals surface area contributed by atoms with E-state index in [9.17, 15) is 9.90 Å². The molecule has 0 aliphatic carbocycles. The van der Waals surface area contributed by atoms with Gasteiger partial charge in [0.25, 0.3) is 0 Å². The summed E-state index contributed by atoms with van der Waals surface area (Å²) in [4.78, 5) is 11.9. The number of hydrogen-bond acceptors (Lipinski definition) is 2. The van der Waals surface area contributed by atoms with Gasteiger partial charge in [-0.2, -0.15) is 0 Å². The highest BCUT2D eigenvalue weighted by molar-refractivity contribution is 5.76. The highest BCUT2D eigenvalue weighted by Gasteiger charge is 2.10. The third kappa shape index (κ3) is 21.9. The highest BCUT2D eigenvalue weighted by atomic mass is 16.3. The highest BCUT2D eigenvalue weighted by Crippen LogP contribution is 2.14. The van der Waals surface area contributed by atoms with Crippen molar-refractivity contribution >= 4 is 5.91 Å². The van der Waals surface area contributed by atoms with Crippen molar-refractivity contribution in [2.75, 3.05) is 6.61 Å². The molecule has 0 saturated heterocycles. The monoisotopic (exact) mass is 411 g/mol. The van der Waals surface area contributed by atoms with Gasteiger partial charge in [-0.1, -0.05) is 129 Å².